The van der Waals surface area contributed by atoms with Crippen LogP contribution < -0.4 is 10.5 Å². The van der Waals surface area contributed by atoms with Crippen molar-refractivity contribution in [3.8, 4) is 11.6 Å². The third-order valence-electron chi connectivity index (χ3n) is 2.34. The Bertz CT molecular complexity index is 625. The van der Waals surface area contributed by atoms with Gasteiger partial charge >= 0.3 is 0 Å². The molecule has 2 aromatic rings. The molecule has 0 fully saturated rings. The van der Waals surface area contributed by atoms with Crippen molar-refractivity contribution in [3.05, 3.63) is 50.3 Å². The van der Waals surface area contributed by atoms with Crippen molar-refractivity contribution in [1.29, 1.82) is 0 Å². The molecule has 0 aliphatic rings. The molecule has 2 rings (SSSR count). The van der Waals surface area contributed by atoms with E-state index in [2.05, 4.69) is 20.9 Å². The van der Waals surface area contributed by atoms with Gasteiger partial charge in [0.15, 0.2) is 0 Å². The number of nitrogens with zero attached hydrogens (tertiary/aromatic N) is 1. The molecule has 0 aliphatic heterocycles. The molecule has 2 N–H and O–H groups in total. The maximum absolute atomic E-state index is 13.4. The topological polar surface area (TPSA) is 48.1 Å². The standard InChI is InChI=1S/C12H8BrCl2FN2O/c13-7-3-8(14)9(16)4-10(7)19-12-11(15)6(5-17)1-2-18-12/h1-4H,5,17H2. The van der Waals surface area contributed by atoms with Crippen LogP contribution in [0, 0.1) is 5.82 Å². The third-order valence-corrected chi connectivity index (χ3v) is 3.65. The first-order valence-corrected chi connectivity index (χ1v) is 6.73. The van der Waals surface area contributed by atoms with E-state index in [1.165, 1.54) is 12.3 Å². The van der Waals surface area contributed by atoms with Crippen molar-refractivity contribution in [2.75, 3.05) is 0 Å². The Morgan fingerprint density at radius 3 is 2.79 bits per heavy atom. The van der Waals surface area contributed by atoms with E-state index in [0.29, 0.717) is 15.1 Å². The second kappa shape index (κ2) is 6.05. The number of hydrogen-bond donors (Lipinski definition) is 1. The average Bonchev–Trinajstić information content (AvgIpc) is 2.38. The van der Waals surface area contributed by atoms with Crippen molar-refractivity contribution in [2.45, 2.75) is 6.54 Å². The molecule has 100 valence electrons. The van der Waals surface area contributed by atoms with E-state index in [0.717, 1.165) is 6.07 Å². The first kappa shape index (κ1) is 14.5. The second-order valence-electron chi connectivity index (χ2n) is 3.59. The van der Waals surface area contributed by atoms with Gasteiger partial charge in [-0.05, 0) is 33.6 Å². The smallest absolute Gasteiger partial charge is 0.238 e. The van der Waals surface area contributed by atoms with Gasteiger partial charge in [0.05, 0.1) is 9.50 Å². The van der Waals surface area contributed by atoms with Crippen molar-refractivity contribution in [1.82, 2.24) is 4.98 Å². The van der Waals surface area contributed by atoms with Crippen molar-refractivity contribution in [2.24, 2.45) is 5.73 Å². The highest BCUT2D eigenvalue weighted by Gasteiger charge is 2.13. The first-order valence-electron chi connectivity index (χ1n) is 5.18. The summed E-state index contributed by atoms with van der Waals surface area (Å²) >= 11 is 15.0. The molecule has 1 aromatic carbocycles. The molecule has 0 saturated heterocycles. The van der Waals surface area contributed by atoms with Crippen LogP contribution in [-0.4, -0.2) is 4.98 Å². The number of pyridine rings is 1. The summed E-state index contributed by atoms with van der Waals surface area (Å²) in [6.07, 6.45) is 1.52. The normalized spacial score (nSPS) is 10.6. The summed E-state index contributed by atoms with van der Waals surface area (Å²) in [4.78, 5) is 3.99. The Kier molecular flexibility index (Phi) is 4.62. The predicted octanol–water partition coefficient (Wildman–Crippen LogP) is 4.54. The summed E-state index contributed by atoms with van der Waals surface area (Å²) in [5.74, 6) is -0.205. The zero-order valence-corrected chi connectivity index (χ0v) is 12.6. The molecule has 7 heteroatoms. The van der Waals surface area contributed by atoms with Gasteiger partial charge < -0.3 is 10.5 Å². The third kappa shape index (κ3) is 3.17. The van der Waals surface area contributed by atoms with E-state index in [-0.39, 0.29) is 23.2 Å². The molecular formula is C12H8BrCl2FN2O. The molecule has 19 heavy (non-hydrogen) atoms. The van der Waals surface area contributed by atoms with Crippen LogP contribution in [0.1, 0.15) is 5.56 Å². The predicted molar refractivity (Wildman–Crippen MR) is 76.3 cm³/mol. The lowest BCUT2D eigenvalue weighted by molar-refractivity contribution is 0.455. The van der Waals surface area contributed by atoms with Gasteiger partial charge in [0.2, 0.25) is 5.88 Å². The maximum atomic E-state index is 13.4. The van der Waals surface area contributed by atoms with Crippen LogP contribution >= 0.6 is 39.1 Å². The Labute approximate surface area is 127 Å². The van der Waals surface area contributed by atoms with Crippen LogP contribution in [0.5, 0.6) is 11.6 Å². The highest BCUT2D eigenvalue weighted by molar-refractivity contribution is 9.10. The van der Waals surface area contributed by atoms with Gasteiger partial charge in [-0.1, -0.05) is 23.2 Å². The molecule has 0 atom stereocenters. The van der Waals surface area contributed by atoms with Gasteiger partial charge in [-0.25, -0.2) is 9.37 Å². The Morgan fingerprint density at radius 1 is 1.37 bits per heavy atom. The van der Waals surface area contributed by atoms with Crippen molar-refractivity contribution >= 4 is 39.1 Å². The number of nitrogens with two attached hydrogens (primary N) is 1. The molecule has 0 spiro atoms. The Hall–Kier alpha value is -0.880. The lowest BCUT2D eigenvalue weighted by atomic mass is 10.2. The molecule has 1 heterocycles. The summed E-state index contributed by atoms with van der Waals surface area (Å²) in [7, 11) is 0. The molecule has 0 unspecified atom stereocenters. The summed E-state index contributed by atoms with van der Waals surface area (Å²) in [5, 5.41) is 0.293. The fraction of sp³-hybridized carbons (Fsp3) is 0.0833. The van der Waals surface area contributed by atoms with Gasteiger partial charge in [-0.3, -0.25) is 0 Å². The lowest BCUT2D eigenvalue weighted by Gasteiger charge is -2.10. The lowest BCUT2D eigenvalue weighted by Crippen LogP contribution is -2.00. The summed E-state index contributed by atoms with van der Waals surface area (Å²) < 4.78 is 19.4. The van der Waals surface area contributed by atoms with Gasteiger partial charge in [0.1, 0.15) is 16.6 Å². The Balaban J connectivity index is 2.39. The van der Waals surface area contributed by atoms with Crippen LogP contribution in [0.15, 0.2) is 28.9 Å². The minimum Gasteiger partial charge on any atom is -0.436 e. The van der Waals surface area contributed by atoms with Crippen LogP contribution in [0.4, 0.5) is 4.39 Å². The van der Waals surface area contributed by atoms with Crippen LogP contribution in [-0.2, 0) is 6.54 Å². The molecule has 1 aromatic heterocycles. The number of benzene rings is 1. The van der Waals surface area contributed by atoms with Gasteiger partial charge in [0.25, 0.3) is 0 Å². The SMILES string of the molecule is NCc1ccnc(Oc2cc(F)c(Cl)cc2Br)c1Cl. The zero-order valence-electron chi connectivity index (χ0n) is 9.46. The van der Waals surface area contributed by atoms with E-state index in [9.17, 15) is 4.39 Å². The number of aromatic nitrogens is 1. The summed E-state index contributed by atoms with van der Waals surface area (Å²) in [6.45, 7) is 0.258. The molecule has 0 radical (unpaired) electrons. The molecule has 0 bridgehead atoms. The molecular weight excluding hydrogens is 358 g/mol. The maximum Gasteiger partial charge on any atom is 0.238 e. The highest BCUT2D eigenvalue weighted by atomic mass is 79.9. The van der Waals surface area contributed by atoms with Crippen LogP contribution in [0.2, 0.25) is 10.0 Å². The molecule has 0 aliphatic carbocycles. The second-order valence-corrected chi connectivity index (χ2v) is 5.23. The van der Waals surface area contributed by atoms with Gasteiger partial charge in [0, 0.05) is 18.8 Å². The van der Waals surface area contributed by atoms with Gasteiger partial charge in [-0.2, -0.15) is 0 Å². The molecule has 0 saturated carbocycles. The van der Waals surface area contributed by atoms with Crippen molar-refractivity contribution in [3.63, 3.8) is 0 Å². The number of hydrogen-bond acceptors (Lipinski definition) is 3. The van der Waals surface area contributed by atoms with Crippen LogP contribution in [0.25, 0.3) is 0 Å². The van der Waals surface area contributed by atoms with Gasteiger partial charge in [-0.15, -0.1) is 0 Å². The number of ether oxygens (including phenoxy) is 1. The summed E-state index contributed by atoms with van der Waals surface area (Å²) in [6, 6.07) is 4.24. The van der Waals surface area contributed by atoms with E-state index in [1.54, 1.807) is 6.07 Å². The monoisotopic (exact) mass is 364 g/mol. The summed E-state index contributed by atoms with van der Waals surface area (Å²) in [5.41, 5.74) is 6.22. The molecule has 3 nitrogen and oxygen atoms in total. The number of halogens is 4. The highest BCUT2D eigenvalue weighted by Crippen LogP contribution is 2.36. The largest absolute Gasteiger partial charge is 0.436 e. The van der Waals surface area contributed by atoms with Crippen LogP contribution in [0.3, 0.4) is 0 Å². The zero-order chi connectivity index (χ0) is 14.0. The first-order chi connectivity index (χ1) is 9.02. The fourth-order valence-electron chi connectivity index (χ4n) is 1.38. The average molecular weight is 366 g/mol. The fourth-order valence-corrected chi connectivity index (χ4v) is 2.32. The molecule has 0 amide bonds. The minimum absolute atomic E-state index is 0.00556. The van der Waals surface area contributed by atoms with Crippen molar-refractivity contribution < 1.29 is 9.13 Å². The number of rotatable bonds is 3. The minimum atomic E-state index is -0.592. The van der Waals surface area contributed by atoms with E-state index >= 15 is 0 Å². The van der Waals surface area contributed by atoms with E-state index in [1.807, 2.05) is 0 Å². The Morgan fingerprint density at radius 2 is 2.11 bits per heavy atom. The van der Waals surface area contributed by atoms with E-state index < -0.39 is 5.82 Å². The van der Waals surface area contributed by atoms with E-state index in [4.69, 9.17) is 33.7 Å². The quantitative estimate of drug-likeness (QED) is 0.812.